The van der Waals surface area contributed by atoms with Crippen molar-refractivity contribution in [3.05, 3.63) is 36.9 Å². The molecule has 1 saturated carbocycles. The second kappa shape index (κ2) is 10.6. The van der Waals surface area contributed by atoms with E-state index in [1.54, 1.807) is 18.5 Å². The van der Waals surface area contributed by atoms with E-state index in [2.05, 4.69) is 44.5 Å². The van der Waals surface area contributed by atoms with Gasteiger partial charge in [-0.3, -0.25) is 9.48 Å². The Morgan fingerprint density at radius 1 is 1.21 bits per heavy atom. The second-order valence-electron chi connectivity index (χ2n) is 9.81. The molecule has 1 aliphatic carbocycles. The van der Waals surface area contributed by atoms with Crippen molar-refractivity contribution in [2.75, 3.05) is 30.4 Å². The maximum Gasteiger partial charge on any atom is 0.256 e. The van der Waals surface area contributed by atoms with Gasteiger partial charge in [0.15, 0.2) is 11.6 Å². The SMILES string of the molecule is CCNC(=O)CCN(C)c1nn(C(C)C)c2cc(Nc3ccnc(-c4cnn(S(=O)(=O)C5CC5)c4)n3)ncc12. The van der Waals surface area contributed by atoms with Gasteiger partial charge in [0.05, 0.1) is 34.1 Å². The highest BCUT2D eigenvalue weighted by Gasteiger charge is 2.37. The van der Waals surface area contributed by atoms with Gasteiger partial charge in [-0.2, -0.15) is 14.3 Å². The molecule has 0 aliphatic heterocycles. The highest BCUT2D eigenvalue weighted by atomic mass is 32.2. The zero-order chi connectivity index (χ0) is 27.7. The Bertz CT molecular complexity index is 1610. The second-order valence-corrected chi connectivity index (χ2v) is 11.9. The molecular formula is C25H32N10O3S. The number of fused-ring (bicyclic) bond motifs is 1. The molecular weight excluding hydrogens is 520 g/mol. The lowest BCUT2D eigenvalue weighted by atomic mass is 10.2. The quantitative estimate of drug-likeness (QED) is 0.284. The van der Waals surface area contributed by atoms with Gasteiger partial charge in [-0.25, -0.2) is 23.4 Å². The Labute approximate surface area is 226 Å². The molecule has 0 unspecified atom stereocenters. The molecule has 1 aliphatic rings. The number of nitrogens with zero attached hydrogens (tertiary/aromatic N) is 8. The van der Waals surface area contributed by atoms with E-state index in [9.17, 15) is 13.2 Å². The maximum absolute atomic E-state index is 12.5. The summed E-state index contributed by atoms with van der Waals surface area (Å²) in [6, 6.07) is 3.72. The summed E-state index contributed by atoms with van der Waals surface area (Å²) in [6.45, 7) is 7.14. The third-order valence-electron chi connectivity index (χ3n) is 6.41. The Hall–Kier alpha value is -4.07. The van der Waals surface area contributed by atoms with Crippen LogP contribution in [0.4, 0.5) is 17.5 Å². The van der Waals surface area contributed by atoms with Crippen LogP contribution in [0.2, 0.25) is 0 Å². The van der Waals surface area contributed by atoms with Gasteiger partial charge in [0.2, 0.25) is 5.91 Å². The summed E-state index contributed by atoms with van der Waals surface area (Å²) >= 11 is 0. The molecule has 4 aromatic heterocycles. The van der Waals surface area contributed by atoms with Crippen molar-refractivity contribution in [2.45, 2.75) is 51.3 Å². The smallest absolute Gasteiger partial charge is 0.256 e. The topological polar surface area (TPSA) is 153 Å². The molecule has 0 radical (unpaired) electrons. The Morgan fingerprint density at radius 3 is 2.72 bits per heavy atom. The molecule has 14 heteroatoms. The number of hydrogen-bond donors (Lipinski definition) is 2. The van der Waals surface area contributed by atoms with Crippen LogP contribution >= 0.6 is 0 Å². The van der Waals surface area contributed by atoms with Crippen LogP contribution in [0.1, 0.15) is 46.1 Å². The molecule has 1 amide bonds. The van der Waals surface area contributed by atoms with Crippen LogP contribution in [0, 0.1) is 0 Å². The summed E-state index contributed by atoms with van der Waals surface area (Å²) < 4.78 is 27.9. The number of carbonyl (C=O) groups excluding carboxylic acids is 1. The van der Waals surface area contributed by atoms with E-state index < -0.39 is 10.0 Å². The number of hydrogen-bond acceptors (Lipinski definition) is 10. The first-order valence-electron chi connectivity index (χ1n) is 12.9. The normalized spacial score (nSPS) is 13.7. The Balaban J connectivity index is 1.38. The van der Waals surface area contributed by atoms with Gasteiger partial charge in [-0.1, -0.05) is 0 Å². The summed E-state index contributed by atoms with van der Waals surface area (Å²) in [7, 11) is -1.55. The van der Waals surface area contributed by atoms with Crippen LogP contribution in [0.5, 0.6) is 0 Å². The van der Waals surface area contributed by atoms with Crippen molar-refractivity contribution in [3.63, 3.8) is 0 Å². The molecule has 2 N–H and O–H groups in total. The van der Waals surface area contributed by atoms with Gasteiger partial charge in [0.1, 0.15) is 11.6 Å². The zero-order valence-electron chi connectivity index (χ0n) is 22.4. The monoisotopic (exact) mass is 552 g/mol. The van der Waals surface area contributed by atoms with Crippen LogP contribution in [-0.4, -0.2) is 73.6 Å². The lowest BCUT2D eigenvalue weighted by molar-refractivity contribution is -0.120. The number of amides is 1. The lowest BCUT2D eigenvalue weighted by Gasteiger charge is -2.16. The van der Waals surface area contributed by atoms with E-state index >= 15 is 0 Å². The van der Waals surface area contributed by atoms with Crippen molar-refractivity contribution >= 4 is 44.3 Å². The number of carbonyl (C=O) groups is 1. The first-order valence-corrected chi connectivity index (χ1v) is 14.4. The summed E-state index contributed by atoms with van der Waals surface area (Å²) in [4.78, 5) is 27.3. The minimum absolute atomic E-state index is 0.00247. The van der Waals surface area contributed by atoms with Gasteiger partial charge in [0, 0.05) is 51.1 Å². The summed E-state index contributed by atoms with van der Waals surface area (Å²) in [6.07, 6.45) is 7.95. The lowest BCUT2D eigenvalue weighted by Crippen LogP contribution is -2.28. The maximum atomic E-state index is 12.5. The number of anilines is 3. The molecule has 0 bridgehead atoms. The number of rotatable bonds is 11. The van der Waals surface area contributed by atoms with Gasteiger partial charge in [0.25, 0.3) is 10.0 Å². The van der Waals surface area contributed by atoms with Crippen LogP contribution in [-0.2, 0) is 14.8 Å². The summed E-state index contributed by atoms with van der Waals surface area (Å²) in [5.41, 5.74) is 1.40. The number of pyridine rings is 1. The Morgan fingerprint density at radius 2 is 2.00 bits per heavy atom. The summed E-state index contributed by atoms with van der Waals surface area (Å²) in [5, 5.41) is 15.4. The van der Waals surface area contributed by atoms with E-state index in [-0.39, 0.29) is 17.2 Å². The fourth-order valence-electron chi connectivity index (χ4n) is 4.20. The molecule has 0 spiro atoms. The minimum atomic E-state index is -3.47. The highest BCUT2D eigenvalue weighted by molar-refractivity contribution is 7.90. The van der Waals surface area contributed by atoms with E-state index in [1.165, 1.54) is 12.4 Å². The molecule has 4 heterocycles. The number of aromatic nitrogens is 7. The van der Waals surface area contributed by atoms with Gasteiger partial charge < -0.3 is 15.5 Å². The summed E-state index contributed by atoms with van der Waals surface area (Å²) in [5.74, 6) is 2.17. The van der Waals surface area contributed by atoms with Crippen LogP contribution in [0.15, 0.2) is 36.9 Å². The van der Waals surface area contributed by atoms with Gasteiger partial charge in [-0.05, 0) is 39.7 Å². The molecule has 206 valence electrons. The third kappa shape index (κ3) is 5.55. The van der Waals surface area contributed by atoms with E-state index in [4.69, 9.17) is 5.10 Å². The molecule has 0 atom stereocenters. The van der Waals surface area contributed by atoms with Crippen molar-refractivity contribution in [1.29, 1.82) is 0 Å². The zero-order valence-corrected chi connectivity index (χ0v) is 23.2. The predicted molar refractivity (Wildman–Crippen MR) is 148 cm³/mol. The average molecular weight is 553 g/mol. The fourth-order valence-corrected chi connectivity index (χ4v) is 5.67. The van der Waals surface area contributed by atoms with E-state index in [1.807, 2.05) is 29.6 Å². The molecule has 0 saturated heterocycles. The van der Waals surface area contributed by atoms with Crippen LogP contribution < -0.4 is 15.5 Å². The molecule has 1 fully saturated rings. The molecule has 39 heavy (non-hydrogen) atoms. The van der Waals surface area contributed by atoms with Crippen LogP contribution in [0.25, 0.3) is 22.3 Å². The van der Waals surface area contributed by atoms with E-state index in [0.29, 0.717) is 55.4 Å². The van der Waals surface area contributed by atoms with Crippen molar-refractivity contribution in [1.82, 2.24) is 39.2 Å². The first-order chi connectivity index (χ1) is 18.7. The fraction of sp³-hybridized carbons (Fsp3) is 0.440. The molecule has 13 nitrogen and oxygen atoms in total. The largest absolute Gasteiger partial charge is 0.357 e. The van der Waals surface area contributed by atoms with Crippen molar-refractivity contribution < 1.29 is 13.2 Å². The first kappa shape index (κ1) is 26.5. The standard InChI is InChI=1S/C25H32N10O3S/c1-5-26-23(36)9-11-33(4)25-19-14-28-22(12-20(19)35(32-25)16(2)3)30-21-8-10-27-24(31-21)17-13-29-34(15-17)39(37,38)18-6-7-18/h8,10,12-16,18H,5-7,9,11H2,1-4H3,(H,26,36)(H,27,28,30,31). The Kier molecular flexibility index (Phi) is 7.21. The average Bonchev–Trinajstić information content (AvgIpc) is 3.53. The number of nitrogens with one attached hydrogen (secondary N) is 2. The molecule has 5 rings (SSSR count). The van der Waals surface area contributed by atoms with Gasteiger partial charge in [-0.15, -0.1) is 0 Å². The minimum Gasteiger partial charge on any atom is -0.357 e. The van der Waals surface area contributed by atoms with E-state index in [0.717, 1.165) is 20.8 Å². The highest BCUT2D eigenvalue weighted by Crippen LogP contribution is 2.31. The van der Waals surface area contributed by atoms with Crippen molar-refractivity contribution in [3.8, 4) is 11.4 Å². The molecule has 4 aromatic rings. The van der Waals surface area contributed by atoms with Crippen molar-refractivity contribution in [2.24, 2.45) is 0 Å². The predicted octanol–water partition coefficient (Wildman–Crippen LogP) is 2.71. The molecule has 0 aromatic carbocycles. The third-order valence-corrected chi connectivity index (χ3v) is 8.44. The van der Waals surface area contributed by atoms with Gasteiger partial charge >= 0.3 is 0 Å². The van der Waals surface area contributed by atoms with Crippen LogP contribution in [0.3, 0.4) is 0 Å².